The van der Waals surface area contributed by atoms with E-state index in [0.29, 0.717) is 17.4 Å². The van der Waals surface area contributed by atoms with Crippen LogP contribution in [0, 0.1) is 0 Å². The Morgan fingerprint density at radius 3 is 1.23 bits per heavy atom. The van der Waals surface area contributed by atoms with Crippen molar-refractivity contribution in [2.24, 2.45) is 0 Å². The fourth-order valence-corrected chi connectivity index (χ4v) is 8.13. The van der Waals surface area contributed by atoms with Crippen LogP contribution in [-0.2, 0) is 32.7 Å². The van der Waals surface area contributed by atoms with Crippen LogP contribution in [-0.4, -0.2) is 70.0 Å². The van der Waals surface area contributed by atoms with Crippen molar-refractivity contribution in [2.45, 2.75) is 232 Å². The molecule has 398 valence electrons. The summed E-state index contributed by atoms with van der Waals surface area (Å²) >= 11 is 0. The zero-order chi connectivity index (χ0) is 50.6. The molecule has 0 aromatic heterocycles. The average molecular weight is 986 g/mol. The zero-order valence-corrected chi connectivity index (χ0v) is 45.9. The van der Waals surface area contributed by atoms with Gasteiger partial charge in [-0.15, -0.1) is 0 Å². The molecule has 0 aliphatic carbocycles. The molecule has 69 heavy (non-hydrogen) atoms. The number of hydrogen-bond donors (Lipinski definition) is 0. The number of carbonyl (C=O) groups excluding carboxylic acids is 2. The summed E-state index contributed by atoms with van der Waals surface area (Å²) in [6, 6.07) is 0. The first kappa shape index (κ1) is 66.2. The minimum Gasteiger partial charge on any atom is -0.756 e. The number of carbonyl (C=O) groups is 2. The monoisotopic (exact) mass is 986 g/mol. The lowest BCUT2D eigenvalue weighted by molar-refractivity contribution is -0.870. The van der Waals surface area contributed by atoms with Gasteiger partial charge in [0.25, 0.3) is 7.82 Å². The van der Waals surface area contributed by atoms with Crippen LogP contribution in [0.15, 0.2) is 85.1 Å². The van der Waals surface area contributed by atoms with Crippen LogP contribution < -0.4 is 4.89 Å². The summed E-state index contributed by atoms with van der Waals surface area (Å²) in [6.45, 7) is 4.08. The van der Waals surface area contributed by atoms with Gasteiger partial charge >= 0.3 is 11.9 Å². The van der Waals surface area contributed by atoms with Crippen LogP contribution >= 0.6 is 7.82 Å². The first-order chi connectivity index (χ1) is 33.5. The van der Waals surface area contributed by atoms with Crippen molar-refractivity contribution in [1.29, 1.82) is 0 Å². The van der Waals surface area contributed by atoms with E-state index in [4.69, 9.17) is 18.5 Å². The molecule has 0 saturated carbocycles. The highest BCUT2D eigenvalue weighted by molar-refractivity contribution is 7.45. The highest BCUT2D eigenvalue weighted by atomic mass is 31.2. The predicted octanol–water partition coefficient (Wildman–Crippen LogP) is 16.5. The minimum absolute atomic E-state index is 0.0318. The van der Waals surface area contributed by atoms with Gasteiger partial charge < -0.3 is 27.9 Å². The molecule has 2 atom stereocenters. The van der Waals surface area contributed by atoms with E-state index in [-0.39, 0.29) is 32.0 Å². The van der Waals surface area contributed by atoms with E-state index in [2.05, 4.69) is 98.9 Å². The van der Waals surface area contributed by atoms with Crippen molar-refractivity contribution in [2.75, 3.05) is 47.5 Å². The average Bonchev–Trinajstić information content (AvgIpc) is 3.31. The molecule has 0 radical (unpaired) electrons. The van der Waals surface area contributed by atoms with Gasteiger partial charge in [0.15, 0.2) is 6.10 Å². The Balaban J connectivity index is 3.95. The minimum atomic E-state index is -4.63. The van der Waals surface area contributed by atoms with Crippen LogP contribution in [0.5, 0.6) is 0 Å². The standard InChI is InChI=1S/C59H104NO8P/c1-6-8-10-12-14-16-17-18-19-20-21-22-23-24-25-26-27-28-29-30-31-32-33-34-35-36-37-38-39-40-41-42-43-44-46-48-50-52-59(62)68-57(56-67-69(63,64)66-54-53-60(3,4)5)55-65-58(61)51-49-47-45-15-13-11-9-7-2/h8,10,14,16,18-19,21-22,24-25,27-28,30-31,57H,6-7,9,11-13,15,17,20,23,26,29,32-56H2,1-5H3/b10-8-,16-14-,19-18-,22-21-,25-24-,28-27-,31-30-. The van der Waals surface area contributed by atoms with E-state index in [0.717, 1.165) is 83.5 Å². The molecule has 0 heterocycles. The van der Waals surface area contributed by atoms with Crippen molar-refractivity contribution < 1.29 is 42.1 Å². The maximum Gasteiger partial charge on any atom is 0.306 e. The van der Waals surface area contributed by atoms with E-state index < -0.39 is 26.5 Å². The number of allylic oxidation sites excluding steroid dienone is 14. The van der Waals surface area contributed by atoms with Crippen LogP contribution in [0.4, 0.5) is 0 Å². The van der Waals surface area contributed by atoms with E-state index in [1.807, 2.05) is 21.1 Å². The summed E-state index contributed by atoms with van der Waals surface area (Å²) in [4.78, 5) is 37.5. The number of rotatable bonds is 50. The predicted molar refractivity (Wildman–Crippen MR) is 291 cm³/mol. The van der Waals surface area contributed by atoms with E-state index in [9.17, 15) is 19.0 Å². The Labute approximate surface area is 424 Å². The zero-order valence-electron chi connectivity index (χ0n) is 45.0. The lowest BCUT2D eigenvalue weighted by Crippen LogP contribution is -2.37. The van der Waals surface area contributed by atoms with Gasteiger partial charge in [-0.2, -0.15) is 0 Å². The van der Waals surface area contributed by atoms with Crippen molar-refractivity contribution in [3.63, 3.8) is 0 Å². The Morgan fingerprint density at radius 1 is 0.464 bits per heavy atom. The van der Waals surface area contributed by atoms with Crippen LogP contribution in [0.1, 0.15) is 226 Å². The van der Waals surface area contributed by atoms with Crippen LogP contribution in [0.2, 0.25) is 0 Å². The first-order valence-corrected chi connectivity index (χ1v) is 29.3. The normalized spacial score (nSPS) is 14.0. The van der Waals surface area contributed by atoms with Gasteiger partial charge in [0.1, 0.15) is 19.8 Å². The molecule has 2 unspecified atom stereocenters. The molecule has 0 amide bonds. The summed E-state index contributed by atoms with van der Waals surface area (Å²) in [5.74, 6) is -0.837. The van der Waals surface area contributed by atoms with Crippen molar-refractivity contribution in [3.8, 4) is 0 Å². The maximum absolute atomic E-state index is 12.7. The second-order valence-corrected chi connectivity index (χ2v) is 21.0. The van der Waals surface area contributed by atoms with E-state index >= 15 is 0 Å². The van der Waals surface area contributed by atoms with Gasteiger partial charge in [-0.3, -0.25) is 14.2 Å². The van der Waals surface area contributed by atoms with Gasteiger partial charge in [0, 0.05) is 12.8 Å². The number of quaternary nitrogens is 1. The Morgan fingerprint density at radius 2 is 0.826 bits per heavy atom. The molecule has 0 aromatic carbocycles. The molecule has 9 nitrogen and oxygen atoms in total. The number of hydrogen-bond acceptors (Lipinski definition) is 8. The number of esters is 2. The summed E-state index contributed by atoms with van der Waals surface area (Å²) < 4.78 is 33.9. The number of phosphoric ester groups is 1. The molecule has 0 aliphatic rings. The third-order valence-corrected chi connectivity index (χ3v) is 12.6. The van der Waals surface area contributed by atoms with Crippen molar-refractivity contribution in [1.82, 2.24) is 0 Å². The number of unbranched alkanes of at least 4 members (excludes halogenated alkanes) is 22. The summed E-state index contributed by atoms with van der Waals surface area (Å²) in [5.41, 5.74) is 0. The summed E-state index contributed by atoms with van der Waals surface area (Å²) in [6.07, 6.45) is 66.6. The molecule has 0 saturated heterocycles. The van der Waals surface area contributed by atoms with E-state index in [1.165, 1.54) is 109 Å². The van der Waals surface area contributed by atoms with Crippen molar-refractivity contribution in [3.05, 3.63) is 85.1 Å². The fourth-order valence-electron chi connectivity index (χ4n) is 7.40. The largest absolute Gasteiger partial charge is 0.756 e. The number of likely N-dealkylation sites (N-methyl/N-ethyl adjacent to an activating group) is 1. The highest BCUT2D eigenvalue weighted by Gasteiger charge is 2.21. The molecule has 0 N–H and O–H groups in total. The highest BCUT2D eigenvalue weighted by Crippen LogP contribution is 2.38. The Kier molecular flexibility index (Phi) is 48.1. The van der Waals surface area contributed by atoms with Gasteiger partial charge in [0.2, 0.25) is 0 Å². The second-order valence-electron chi connectivity index (χ2n) is 19.6. The summed E-state index contributed by atoms with van der Waals surface area (Å²) in [5, 5.41) is 0. The smallest absolute Gasteiger partial charge is 0.306 e. The lowest BCUT2D eigenvalue weighted by atomic mass is 10.0. The van der Waals surface area contributed by atoms with Crippen LogP contribution in [0.3, 0.4) is 0 Å². The third kappa shape index (κ3) is 54.4. The third-order valence-electron chi connectivity index (χ3n) is 11.7. The molecule has 0 rings (SSSR count). The molecule has 0 aliphatic heterocycles. The molecular formula is C59H104NO8P. The number of phosphoric acid groups is 1. The molecule has 0 bridgehead atoms. The molecular weight excluding hydrogens is 882 g/mol. The van der Waals surface area contributed by atoms with Gasteiger partial charge in [-0.25, -0.2) is 0 Å². The fraction of sp³-hybridized carbons (Fsp3) is 0.729. The Hall–Kier alpha value is -2.81. The number of ether oxygens (including phenoxy) is 2. The maximum atomic E-state index is 12.7. The summed E-state index contributed by atoms with van der Waals surface area (Å²) in [7, 11) is 1.16. The molecule has 10 heteroatoms. The van der Waals surface area contributed by atoms with Gasteiger partial charge in [-0.05, 0) is 70.6 Å². The molecule has 0 spiro atoms. The Bertz CT molecular complexity index is 1440. The first-order valence-electron chi connectivity index (χ1n) is 27.8. The number of nitrogens with zero attached hydrogens (tertiary/aromatic N) is 1. The lowest BCUT2D eigenvalue weighted by Gasteiger charge is -2.28. The van der Waals surface area contributed by atoms with Crippen LogP contribution in [0.25, 0.3) is 0 Å². The second kappa shape index (κ2) is 50.1. The molecule has 0 aromatic rings. The SMILES string of the molecule is CC/C=C\C/C=C\C/C=C\C/C=C\C/C=C\C/C=C\C/C=C\CCCCCCCCCCCCCCCCCC(=O)OC(COC(=O)CCCCCCCCCC)COP(=O)([O-])OCC[N+](C)(C)C. The quantitative estimate of drug-likeness (QED) is 0.0195. The molecule has 0 fully saturated rings. The van der Waals surface area contributed by atoms with Gasteiger partial charge in [0.05, 0.1) is 27.7 Å². The van der Waals surface area contributed by atoms with E-state index in [1.54, 1.807) is 0 Å². The van der Waals surface area contributed by atoms with Gasteiger partial charge in [-0.1, -0.05) is 227 Å². The topological polar surface area (TPSA) is 111 Å². The van der Waals surface area contributed by atoms with Crippen molar-refractivity contribution >= 4 is 19.8 Å².